The lowest BCUT2D eigenvalue weighted by Gasteiger charge is -2.08. The van der Waals surface area contributed by atoms with Gasteiger partial charge in [0.05, 0.1) is 20.5 Å². The number of aromatic nitrogens is 1. The van der Waals surface area contributed by atoms with Crippen molar-refractivity contribution in [2.24, 2.45) is 0 Å². The van der Waals surface area contributed by atoms with Gasteiger partial charge in [0.25, 0.3) is 0 Å². The second-order valence-corrected chi connectivity index (χ2v) is 10.8. The van der Waals surface area contributed by atoms with Crippen molar-refractivity contribution in [2.75, 3.05) is 6.26 Å². The van der Waals surface area contributed by atoms with Crippen LogP contribution in [0.1, 0.15) is 0 Å². The van der Waals surface area contributed by atoms with Crippen LogP contribution in [0.15, 0.2) is 82.2 Å². The van der Waals surface area contributed by atoms with E-state index in [2.05, 4.69) is 15.9 Å². The topological polar surface area (TPSA) is 47.0 Å². The van der Waals surface area contributed by atoms with Gasteiger partial charge in [-0.25, -0.2) is 13.4 Å². The van der Waals surface area contributed by atoms with Crippen molar-refractivity contribution in [3.63, 3.8) is 0 Å². The first-order chi connectivity index (χ1) is 13.8. The molecule has 3 nitrogen and oxygen atoms in total. The largest absolute Gasteiger partial charge is 0.235 e. The van der Waals surface area contributed by atoms with Crippen molar-refractivity contribution in [1.82, 2.24) is 4.98 Å². The van der Waals surface area contributed by atoms with Gasteiger partial charge < -0.3 is 0 Å². The Morgan fingerprint density at radius 2 is 1.52 bits per heavy atom. The minimum Gasteiger partial charge on any atom is -0.235 e. The first-order valence-electron chi connectivity index (χ1n) is 8.66. The summed E-state index contributed by atoms with van der Waals surface area (Å²) in [5.41, 5.74) is 3.10. The smallest absolute Gasteiger partial charge is 0.176 e. The van der Waals surface area contributed by atoms with Crippen LogP contribution in [0.3, 0.4) is 0 Å². The fraction of sp³-hybridized carbons (Fsp3) is 0.0455. The molecular weight excluding hydrogens is 490 g/mol. The summed E-state index contributed by atoms with van der Waals surface area (Å²) in [5.74, 6) is 0. The number of nitrogens with zero attached hydrogens (tertiary/aromatic N) is 1. The molecule has 0 amide bonds. The number of thiazole rings is 1. The van der Waals surface area contributed by atoms with E-state index in [0.717, 1.165) is 31.2 Å². The number of hydrogen-bond acceptors (Lipinski definition) is 4. The molecule has 4 rings (SSSR count). The zero-order chi connectivity index (χ0) is 20.6. The summed E-state index contributed by atoms with van der Waals surface area (Å²) in [6, 6.07) is 22.3. The lowest BCUT2D eigenvalue weighted by atomic mass is 10.1. The highest BCUT2D eigenvalue weighted by molar-refractivity contribution is 9.10. The van der Waals surface area contributed by atoms with Crippen LogP contribution in [-0.4, -0.2) is 19.7 Å². The van der Waals surface area contributed by atoms with Gasteiger partial charge in [-0.1, -0.05) is 76.1 Å². The Morgan fingerprint density at radius 1 is 0.897 bits per heavy atom. The Kier molecular flexibility index (Phi) is 5.62. The second-order valence-electron chi connectivity index (χ2n) is 6.45. The van der Waals surface area contributed by atoms with E-state index in [4.69, 9.17) is 16.6 Å². The Bertz CT molecular complexity index is 1300. The van der Waals surface area contributed by atoms with Crippen LogP contribution in [0.25, 0.3) is 32.3 Å². The molecule has 0 aliphatic rings. The lowest BCUT2D eigenvalue weighted by Crippen LogP contribution is -1.99. The van der Waals surface area contributed by atoms with E-state index >= 15 is 0 Å². The van der Waals surface area contributed by atoms with Gasteiger partial charge in [-0.05, 0) is 24.3 Å². The van der Waals surface area contributed by atoms with Crippen molar-refractivity contribution < 1.29 is 8.42 Å². The third kappa shape index (κ3) is 4.16. The van der Waals surface area contributed by atoms with Crippen LogP contribution in [0.5, 0.6) is 0 Å². The molecule has 0 atom stereocenters. The monoisotopic (exact) mass is 503 g/mol. The van der Waals surface area contributed by atoms with Gasteiger partial charge in [0.15, 0.2) is 9.84 Å². The zero-order valence-corrected chi connectivity index (χ0v) is 19.2. The summed E-state index contributed by atoms with van der Waals surface area (Å²) in [7, 11) is -3.41. The quantitative estimate of drug-likeness (QED) is 0.302. The minimum atomic E-state index is -3.41. The first-order valence-corrected chi connectivity index (χ1v) is 12.5. The Balaban J connectivity index is 2.01. The van der Waals surface area contributed by atoms with Crippen molar-refractivity contribution in [1.29, 1.82) is 0 Å². The molecule has 0 bridgehead atoms. The molecule has 0 saturated heterocycles. The van der Waals surface area contributed by atoms with Gasteiger partial charge in [0.1, 0.15) is 5.01 Å². The lowest BCUT2D eigenvalue weighted by molar-refractivity contribution is 0.602. The third-order valence-electron chi connectivity index (χ3n) is 4.38. The van der Waals surface area contributed by atoms with Crippen molar-refractivity contribution in [3.05, 3.63) is 82.3 Å². The fourth-order valence-electron chi connectivity index (χ4n) is 3.03. The van der Waals surface area contributed by atoms with E-state index < -0.39 is 9.84 Å². The number of benzene rings is 3. The average Bonchev–Trinajstić information content (AvgIpc) is 3.13. The molecule has 0 aliphatic heterocycles. The normalized spacial score (nSPS) is 11.6. The summed E-state index contributed by atoms with van der Waals surface area (Å²) in [6.45, 7) is 0. The molecule has 0 unspecified atom stereocenters. The highest BCUT2D eigenvalue weighted by Crippen LogP contribution is 2.44. The van der Waals surface area contributed by atoms with E-state index in [1.165, 1.54) is 17.6 Å². The van der Waals surface area contributed by atoms with Gasteiger partial charge in [-0.2, -0.15) is 0 Å². The molecule has 1 aromatic heterocycles. The number of hydrogen-bond donors (Lipinski definition) is 0. The first kappa shape index (κ1) is 20.3. The van der Waals surface area contributed by atoms with Gasteiger partial charge in [0.2, 0.25) is 0 Å². The number of rotatable bonds is 4. The number of halogens is 2. The molecule has 29 heavy (non-hydrogen) atoms. The van der Waals surface area contributed by atoms with Gasteiger partial charge >= 0.3 is 0 Å². The molecule has 4 aromatic rings. The van der Waals surface area contributed by atoms with E-state index in [1.54, 1.807) is 12.1 Å². The average molecular weight is 505 g/mol. The predicted molar refractivity (Wildman–Crippen MR) is 124 cm³/mol. The molecule has 0 radical (unpaired) electrons. The van der Waals surface area contributed by atoms with Crippen molar-refractivity contribution in [3.8, 4) is 32.3 Å². The van der Waals surface area contributed by atoms with Crippen LogP contribution in [0, 0.1) is 0 Å². The van der Waals surface area contributed by atoms with E-state index in [9.17, 15) is 8.42 Å². The molecule has 0 aliphatic carbocycles. The molecule has 3 aromatic carbocycles. The predicted octanol–water partition coefficient (Wildman–Crippen LogP) is 6.96. The van der Waals surface area contributed by atoms with Gasteiger partial charge in [-0.3, -0.25) is 0 Å². The maximum Gasteiger partial charge on any atom is 0.176 e. The fourth-order valence-corrected chi connectivity index (χ4v) is 5.71. The SMILES string of the molecule is CS(=O)(=O)c1ccccc1-c1sc(-c2ccccc2Cl)nc1-c1ccc(Br)cc1. The Hall–Kier alpha value is -1.99. The number of sulfone groups is 1. The molecule has 0 saturated carbocycles. The Labute approximate surface area is 187 Å². The van der Waals surface area contributed by atoms with Crippen LogP contribution >= 0.6 is 38.9 Å². The van der Waals surface area contributed by atoms with Gasteiger partial charge in [-0.15, -0.1) is 11.3 Å². The van der Waals surface area contributed by atoms with Crippen LogP contribution in [0.4, 0.5) is 0 Å². The molecule has 0 N–H and O–H groups in total. The van der Waals surface area contributed by atoms with Crippen LogP contribution in [-0.2, 0) is 9.84 Å². The second kappa shape index (κ2) is 8.03. The minimum absolute atomic E-state index is 0.285. The molecule has 0 spiro atoms. The van der Waals surface area contributed by atoms with E-state index in [0.29, 0.717) is 10.6 Å². The summed E-state index contributed by atoms with van der Waals surface area (Å²) in [5, 5.41) is 1.35. The van der Waals surface area contributed by atoms with E-state index in [1.807, 2.05) is 60.7 Å². The molecule has 7 heteroatoms. The third-order valence-corrected chi connectivity index (χ3v) is 7.52. The summed E-state index contributed by atoms with van der Waals surface area (Å²) in [4.78, 5) is 5.94. The summed E-state index contributed by atoms with van der Waals surface area (Å²) < 4.78 is 25.8. The maximum atomic E-state index is 12.4. The standard InChI is InChI=1S/C22H15BrClNO2S2/c1-29(26,27)19-9-5-3-7-17(19)21-20(14-10-12-15(23)13-11-14)25-22(28-21)16-6-2-4-8-18(16)24/h2-13H,1H3. The summed E-state index contributed by atoms with van der Waals surface area (Å²) >= 11 is 11.3. The molecular formula is C22H15BrClNO2S2. The highest BCUT2D eigenvalue weighted by Gasteiger charge is 2.22. The maximum absolute atomic E-state index is 12.4. The van der Waals surface area contributed by atoms with Crippen molar-refractivity contribution in [2.45, 2.75) is 4.90 Å². The zero-order valence-electron chi connectivity index (χ0n) is 15.3. The Morgan fingerprint density at radius 3 is 2.17 bits per heavy atom. The molecule has 1 heterocycles. The van der Waals surface area contributed by atoms with Crippen molar-refractivity contribution >= 4 is 48.7 Å². The molecule has 146 valence electrons. The van der Waals surface area contributed by atoms with Crippen LogP contribution in [0.2, 0.25) is 5.02 Å². The molecule has 0 fully saturated rings. The van der Waals surface area contributed by atoms with Crippen LogP contribution < -0.4 is 0 Å². The van der Waals surface area contributed by atoms with E-state index in [-0.39, 0.29) is 4.90 Å². The van der Waals surface area contributed by atoms with Gasteiger partial charge in [0, 0.05) is 27.4 Å². The summed E-state index contributed by atoms with van der Waals surface area (Å²) in [6.07, 6.45) is 1.22. The highest BCUT2D eigenvalue weighted by atomic mass is 79.9.